The summed E-state index contributed by atoms with van der Waals surface area (Å²) in [6.45, 7) is 0. The van der Waals surface area contributed by atoms with Crippen LogP contribution in [0, 0.1) is 0 Å². The molecule has 0 aliphatic carbocycles. The molecule has 3 nitrogen and oxygen atoms in total. The number of para-hydroxylation sites is 1. The minimum absolute atomic E-state index is 0.0966. The largest absolute Gasteiger partial charge is 0.507 e. The molecule has 3 heteroatoms. The fourth-order valence-electron chi connectivity index (χ4n) is 2.17. The monoisotopic (exact) mass is 282 g/mol. The maximum Gasteiger partial charge on any atom is 0.331 e. The highest BCUT2D eigenvalue weighted by Crippen LogP contribution is 2.21. The van der Waals surface area contributed by atoms with Gasteiger partial charge in [0.15, 0.2) is 0 Å². The number of carbonyl (C=O) groups is 1. The first-order valence-electron chi connectivity index (χ1n) is 6.92. The summed E-state index contributed by atoms with van der Waals surface area (Å²) in [7, 11) is 0. The fraction of sp³-hybridized carbons (Fsp3) is 0.167. The molecule has 2 aromatic carbocycles. The second-order valence-electron chi connectivity index (χ2n) is 4.87. The van der Waals surface area contributed by atoms with E-state index in [9.17, 15) is 15.0 Å². The van der Waals surface area contributed by atoms with Gasteiger partial charge in [-0.15, -0.1) is 0 Å². The lowest BCUT2D eigenvalue weighted by Crippen LogP contribution is -2.01. The molecule has 0 aliphatic heterocycles. The number of benzene rings is 2. The molecule has 0 heterocycles. The zero-order valence-corrected chi connectivity index (χ0v) is 11.7. The van der Waals surface area contributed by atoms with E-state index in [0.29, 0.717) is 17.6 Å². The number of rotatable bonds is 6. The van der Waals surface area contributed by atoms with Crippen LogP contribution in [0.3, 0.4) is 0 Å². The summed E-state index contributed by atoms with van der Waals surface area (Å²) in [4.78, 5) is 11.3. The van der Waals surface area contributed by atoms with Crippen molar-refractivity contribution in [2.24, 2.45) is 0 Å². The first-order chi connectivity index (χ1) is 10.2. The normalized spacial score (nSPS) is 11.3. The molecule has 2 aromatic rings. The van der Waals surface area contributed by atoms with E-state index in [1.807, 2.05) is 30.3 Å². The van der Waals surface area contributed by atoms with E-state index in [0.717, 1.165) is 12.8 Å². The summed E-state index contributed by atoms with van der Waals surface area (Å²) in [6.07, 6.45) is 3.61. The molecular weight excluding hydrogens is 264 g/mol. The highest BCUT2D eigenvalue weighted by molar-refractivity contribution is 5.92. The van der Waals surface area contributed by atoms with Crippen molar-refractivity contribution in [1.82, 2.24) is 0 Å². The Labute approximate surface area is 124 Å². The highest BCUT2D eigenvalue weighted by atomic mass is 16.4. The zero-order valence-electron chi connectivity index (χ0n) is 11.7. The topological polar surface area (TPSA) is 57.5 Å². The van der Waals surface area contributed by atoms with Crippen LogP contribution in [-0.2, 0) is 11.2 Å². The van der Waals surface area contributed by atoms with E-state index < -0.39 is 5.97 Å². The maximum atomic E-state index is 11.3. The Morgan fingerprint density at radius 1 is 1.00 bits per heavy atom. The SMILES string of the molecule is O=C(O)/C(=C/c1ccccc1O)CCCc1ccccc1. The first kappa shape index (κ1) is 14.9. The molecule has 108 valence electrons. The minimum atomic E-state index is -0.939. The lowest BCUT2D eigenvalue weighted by atomic mass is 10.0. The van der Waals surface area contributed by atoms with E-state index in [1.54, 1.807) is 30.3 Å². The van der Waals surface area contributed by atoms with Crippen molar-refractivity contribution in [3.8, 4) is 5.75 Å². The molecule has 0 spiro atoms. The van der Waals surface area contributed by atoms with Crippen LogP contribution in [0.4, 0.5) is 0 Å². The third-order valence-corrected chi connectivity index (χ3v) is 3.30. The van der Waals surface area contributed by atoms with Gasteiger partial charge >= 0.3 is 5.97 Å². The second kappa shape index (κ2) is 7.29. The zero-order chi connectivity index (χ0) is 15.1. The maximum absolute atomic E-state index is 11.3. The third-order valence-electron chi connectivity index (χ3n) is 3.30. The number of carboxylic acids is 1. The average molecular weight is 282 g/mol. The lowest BCUT2D eigenvalue weighted by molar-refractivity contribution is -0.132. The molecule has 0 fully saturated rings. The molecule has 0 radical (unpaired) electrons. The van der Waals surface area contributed by atoms with Crippen LogP contribution < -0.4 is 0 Å². The Kier molecular flexibility index (Phi) is 5.16. The predicted molar refractivity (Wildman–Crippen MR) is 83.1 cm³/mol. The number of phenolic OH excluding ortho intramolecular Hbond substituents is 1. The van der Waals surface area contributed by atoms with E-state index in [1.165, 1.54) is 5.56 Å². The molecule has 0 bridgehead atoms. The molecule has 0 saturated carbocycles. The van der Waals surface area contributed by atoms with Crippen molar-refractivity contribution < 1.29 is 15.0 Å². The smallest absolute Gasteiger partial charge is 0.331 e. The van der Waals surface area contributed by atoms with Crippen LogP contribution in [-0.4, -0.2) is 16.2 Å². The number of aromatic hydroxyl groups is 1. The molecule has 21 heavy (non-hydrogen) atoms. The highest BCUT2D eigenvalue weighted by Gasteiger charge is 2.08. The fourth-order valence-corrected chi connectivity index (χ4v) is 2.17. The first-order valence-corrected chi connectivity index (χ1v) is 6.92. The van der Waals surface area contributed by atoms with Crippen molar-refractivity contribution in [2.45, 2.75) is 19.3 Å². The van der Waals surface area contributed by atoms with Gasteiger partial charge in [0.1, 0.15) is 5.75 Å². The molecule has 2 N–H and O–H groups in total. The summed E-state index contributed by atoms with van der Waals surface area (Å²) >= 11 is 0. The van der Waals surface area contributed by atoms with Crippen molar-refractivity contribution in [1.29, 1.82) is 0 Å². The van der Waals surface area contributed by atoms with Crippen molar-refractivity contribution in [3.05, 3.63) is 71.3 Å². The number of aliphatic carboxylic acids is 1. The Hall–Kier alpha value is -2.55. The Morgan fingerprint density at radius 2 is 1.67 bits per heavy atom. The molecule has 0 aromatic heterocycles. The van der Waals surface area contributed by atoms with Crippen LogP contribution in [0.25, 0.3) is 6.08 Å². The Morgan fingerprint density at radius 3 is 2.33 bits per heavy atom. The van der Waals surface area contributed by atoms with Crippen LogP contribution in [0.5, 0.6) is 5.75 Å². The molecular formula is C18H18O3. The van der Waals surface area contributed by atoms with Gasteiger partial charge in [0.25, 0.3) is 0 Å². The molecule has 0 atom stereocenters. The van der Waals surface area contributed by atoms with Gasteiger partial charge in [-0.25, -0.2) is 4.79 Å². The van der Waals surface area contributed by atoms with Crippen molar-refractivity contribution >= 4 is 12.0 Å². The van der Waals surface area contributed by atoms with Crippen LogP contribution in [0.1, 0.15) is 24.0 Å². The number of carboxylic acid groups (broad SMARTS) is 1. The molecule has 0 aliphatic rings. The average Bonchev–Trinajstić information content (AvgIpc) is 2.49. The van der Waals surface area contributed by atoms with Gasteiger partial charge < -0.3 is 10.2 Å². The second-order valence-corrected chi connectivity index (χ2v) is 4.87. The third kappa shape index (κ3) is 4.49. The lowest BCUT2D eigenvalue weighted by Gasteiger charge is -2.05. The van der Waals surface area contributed by atoms with Gasteiger partial charge in [0.2, 0.25) is 0 Å². The standard InChI is InChI=1S/C18H18O3/c19-17-12-5-4-10-15(17)13-16(18(20)21)11-6-9-14-7-2-1-3-8-14/h1-5,7-8,10,12-13,19H,6,9,11H2,(H,20,21)/b16-13+. The van der Waals surface area contributed by atoms with Gasteiger partial charge in [0.05, 0.1) is 0 Å². The van der Waals surface area contributed by atoms with Gasteiger partial charge in [-0.2, -0.15) is 0 Å². The van der Waals surface area contributed by atoms with E-state index in [-0.39, 0.29) is 5.75 Å². The number of hydrogen-bond acceptors (Lipinski definition) is 2. The summed E-state index contributed by atoms with van der Waals surface area (Å²) in [6, 6.07) is 16.7. The molecule has 0 unspecified atom stereocenters. The molecule has 0 saturated heterocycles. The van der Waals surface area contributed by atoms with Gasteiger partial charge in [-0.1, -0.05) is 48.5 Å². The van der Waals surface area contributed by atoms with E-state index in [4.69, 9.17) is 0 Å². The van der Waals surface area contributed by atoms with Gasteiger partial charge in [-0.3, -0.25) is 0 Å². The van der Waals surface area contributed by atoms with Gasteiger partial charge in [0, 0.05) is 11.1 Å². The minimum Gasteiger partial charge on any atom is -0.507 e. The molecule has 0 amide bonds. The van der Waals surface area contributed by atoms with Crippen molar-refractivity contribution in [2.75, 3.05) is 0 Å². The Balaban J connectivity index is 2.03. The van der Waals surface area contributed by atoms with Crippen molar-refractivity contribution in [3.63, 3.8) is 0 Å². The van der Waals surface area contributed by atoms with Crippen LogP contribution in [0.2, 0.25) is 0 Å². The number of phenols is 1. The Bertz CT molecular complexity index is 630. The van der Waals surface area contributed by atoms with E-state index in [2.05, 4.69) is 0 Å². The number of hydrogen-bond donors (Lipinski definition) is 2. The summed E-state index contributed by atoms with van der Waals surface area (Å²) in [5.74, 6) is -0.842. The van der Waals surface area contributed by atoms with Crippen LogP contribution >= 0.6 is 0 Å². The summed E-state index contributed by atoms with van der Waals surface area (Å²) in [5, 5.41) is 19.0. The quantitative estimate of drug-likeness (QED) is 0.790. The summed E-state index contributed by atoms with van der Waals surface area (Å²) < 4.78 is 0. The van der Waals surface area contributed by atoms with Crippen LogP contribution in [0.15, 0.2) is 60.2 Å². The molecule has 2 rings (SSSR count). The number of aryl methyl sites for hydroxylation is 1. The van der Waals surface area contributed by atoms with Gasteiger partial charge in [-0.05, 0) is 37.0 Å². The van der Waals surface area contributed by atoms with E-state index >= 15 is 0 Å². The summed E-state index contributed by atoms with van der Waals surface area (Å²) in [5.41, 5.74) is 2.05. The predicted octanol–water partition coefficient (Wildman–Crippen LogP) is 3.88.